The maximum absolute atomic E-state index is 13.9. The van der Waals surface area contributed by atoms with Crippen LogP contribution in [0.4, 0.5) is 25.0 Å². The van der Waals surface area contributed by atoms with Gasteiger partial charge in [0.15, 0.2) is 0 Å². The Balaban J connectivity index is 1.20. The number of amides is 2. The highest BCUT2D eigenvalue weighted by Gasteiger charge is 2.56. The van der Waals surface area contributed by atoms with Gasteiger partial charge in [-0.25, -0.2) is 13.6 Å². The highest BCUT2D eigenvalue weighted by molar-refractivity contribution is 6.00. The molecule has 2 aromatic carbocycles. The maximum Gasteiger partial charge on any atom is 0.319 e. The summed E-state index contributed by atoms with van der Waals surface area (Å²) in [7, 11) is 0. The third-order valence-electron chi connectivity index (χ3n) is 5.48. The quantitative estimate of drug-likeness (QED) is 0.664. The Morgan fingerprint density at radius 2 is 2.00 bits per heavy atom. The molecule has 0 unspecified atom stereocenters. The number of fused-ring (bicyclic) bond motifs is 2. The van der Waals surface area contributed by atoms with Gasteiger partial charge in [-0.3, -0.25) is 5.10 Å². The van der Waals surface area contributed by atoms with E-state index >= 15 is 0 Å². The first-order chi connectivity index (χ1) is 13.1. The lowest BCUT2D eigenvalue weighted by molar-refractivity contribution is 0.250. The van der Waals surface area contributed by atoms with Crippen molar-refractivity contribution in [1.82, 2.24) is 15.5 Å². The predicted octanol–water partition coefficient (Wildman–Crippen LogP) is 3.10. The molecule has 0 radical (unpaired) electrons. The Morgan fingerprint density at radius 1 is 1.19 bits per heavy atom. The Bertz CT molecular complexity index is 1020. The van der Waals surface area contributed by atoms with E-state index in [1.807, 2.05) is 23.1 Å². The largest absolute Gasteiger partial charge is 0.368 e. The van der Waals surface area contributed by atoms with E-state index in [-0.39, 0.29) is 23.9 Å². The number of rotatable bonds is 3. The number of aromatic amines is 1. The zero-order chi connectivity index (χ0) is 18.5. The number of anilines is 2. The summed E-state index contributed by atoms with van der Waals surface area (Å²) >= 11 is 0. The predicted molar refractivity (Wildman–Crippen MR) is 97.6 cm³/mol. The minimum absolute atomic E-state index is 0.0771. The molecule has 2 aliphatic rings. The molecule has 3 atom stereocenters. The molecule has 1 aliphatic carbocycles. The van der Waals surface area contributed by atoms with Crippen molar-refractivity contribution < 1.29 is 13.6 Å². The van der Waals surface area contributed by atoms with Crippen molar-refractivity contribution in [2.45, 2.75) is 6.04 Å². The second-order valence-corrected chi connectivity index (χ2v) is 7.09. The van der Waals surface area contributed by atoms with E-state index in [9.17, 15) is 13.6 Å². The summed E-state index contributed by atoms with van der Waals surface area (Å²) in [6.45, 7) is 1.30. The number of halogens is 2. The van der Waals surface area contributed by atoms with Crippen LogP contribution in [0.3, 0.4) is 0 Å². The molecule has 3 aromatic rings. The summed E-state index contributed by atoms with van der Waals surface area (Å²) in [4.78, 5) is 14.2. The number of carbonyl (C=O) groups excluding carboxylic acids is 1. The molecule has 1 aliphatic heterocycles. The number of urea groups is 1. The van der Waals surface area contributed by atoms with Crippen molar-refractivity contribution in [2.24, 2.45) is 11.8 Å². The fourth-order valence-electron chi connectivity index (χ4n) is 4.06. The van der Waals surface area contributed by atoms with Crippen LogP contribution in [0.1, 0.15) is 0 Å². The molecule has 2 fully saturated rings. The van der Waals surface area contributed by atoms with E-state index < -0.39 is 11.6 Å². The van der Waals surface area contributed by atoms with Gasteiger partial charge >= 0.3 is 6.03 Å². The zero-order valence-corrected chi connectivity index (χ0v) is 14.2. The van der Waals surface area contributed by atoms with Crippen LogP contribution in [0, 0.1) is 23.5 Å². The lowest BCUT2D eigenvalue weighted by Crippen LogP contribution is -2.37. The summed E-state index contributed by atoms with van der Waals surface area (Å²) in [5.41, 5.74) is 1.96. The molecule has 1 aromatic heterocycles. The number of benzene rings is 2. The van der Waals surface area contributed by atoms with Gasteiger partial charge in [-0.1, -0.05) is 6.07 Å². The summed E-state index contributed by atoms with van der Waals surface area (Å²) in [6.07, 6.45) is 1.67. The lowest BCUT2D eigenvalue weighted by atomic mass is 10.2. The van der Waals surface area contributed by atoms with Gasteiger partial charge in [0.05, 0.1) is 23.1 Å². The van der Waals surface area contributed by atoms with E-state index in [0.717, 1.165) is 17.0 Å². The summed E-state index contributed by atoms with van der Waals surface area (Å²) < 4.78 is 27.0. The van der Waals surface area contributed by atoms with E-state index in [2.05, 4.69) is 20.8 Å². The fourth-order valence-corrected chi connectivity index (χ4v) is 4.06. The van der Waals surface area contributed by atoms with Gasteiger partial charge < -0.3 is 15.5 Å². The van der Waals surface area contributed by atoms with Gasteiger partial charge in [0.25, 0.3) is 0 Å². The van der Waals surface area contributed by atoms with Crippen LogP contribution in [0.25, 0.3) is 10.9 Å². The van der Waals surface area contributed by atoms with Gasteiger partial charge in [-0.15, -0.1) is 0 Å². The molecule has 6 nitrogen and oxygen atoms in total. The van der Waals surface area contributed by atoms with Crippen LogP contribution >= 0.6 is 0 Å². The lowest BCUT2D eigenvalue weighted by Gasteiger charge is -2.23. The van der Waals surface area contributed by atoms with Crippen molar-refractivity contribution in [3.05, 3.63) is 54.2 Å². The number of nitrogens with one attached hydrogen (secondary N) is 3. The number of hydrogen-bond acceptors (Lipinski definition) is 3. The minimum atomic E-state index is -0.579. The van der Waals surface area contributed by atoms with Crippen molar-refractivity contribution in [3.63, 3.8) is 0 Å². The van der Waals surface area contributed by atoms with E-state index in [1.165, 1.54) is 12.1 Å². The summed E-state index contributed by atoms with van der Waals surface area (Å²) in [6, 6.07) is 9.01. The van der Waals surface area contributed by atoms with Gasteiger partial charge in [0.2, 0.25) is 0 Å². The normalized spacial score (nSPS) is 23.3. The minimum Gasteiger partial charge on any atom is -0.368 e. The van der Waals surface area contributed by atoms with Crippen molar-refractivity contribution in [1.29, 1.82) is 0 Å². The molecule has 5 rings (SSSR count). The van der Waals surface area contributed by atoms with Crippen LogP contribution in [-0.4, -0.2) is 35.4 Å². The van der Waals surface area contributed by atoms with Gasteiger partial charge in [0, 0.05) is 42.4 Å². The van der Waals surface area contributed by atoms with Gasteiger partial charge in [-0.05, 0) is 24.3 Å². The molecule has 2 heterocycles. The molecule has 1 saturated heterocycles. The highest BCUT2D eigenvalue weighted by atomic mass is 19.1. The molecule has 27 heavy (non-hydrogen) atoms. The second kappa shape index (κ2) is 5.94. The van der Waals surface area contributed by atoms with E-state index in [0.29, 0.717) is 24.5 Å². The monoisotopic (exact) mass is 369 g/mol. The Labute approximate surface area is 153 Å². The summed E-state index contributed by atoms with van der Waals surface area (Å²) in [5, 5.41) is 13.6. The van der Waals surface area contributed by atoms with Crippen LogP contribution in [0.15, 0.2) is 42.6 Å². The van der Waals surface area contributed by atoms with Crippen molar-refractivity contribution >= 4 is 28.3 Å². The van der Waals surface area contributed by atoms with Crippen LogP contribution in [0.2, 0.25) is 0 Å². The number of carbonyl (C=O) groups is 1. The Hall–Kier alpha value is -3.16. The highest BCUT2D eigenvalue weighted by Crippen LogP contribution is 2.47. The standard InChI is InChI=1S/C19H17F2N5O/c20-10-4-5-17(14(21)6-10)26-8-12-13(9-26)18(12)24-19(27)23-15-2-1-3-16-11(15)7-22-25-16/h1-7,12-13,18H,8-9H2,(H,22,25)(H2,23,24,27)/t12-,13+,18+. The van der Waals surface area contributed by atoms with Crippen LogP contribution in [-0.2, 0) is 0 Å². The molecular weight excluding hydrogens is 352 g/mol. The molecule has 3 N–H and O–H groups in total. The third kappa shape index (κ3) is 2.77. The molecule has 0 bridgehead atoms. The van der Waals surface area contributed by atoms with Crippen LogP contribution in [0.5, 0.6) is 0 Å². The number of hydrogen-bond donors (Lipinski definition) is 3. The van der Waals surface area contributed by atoms with Gasteiger partial charge in [0.1, 0.15) is 11.6 Å². The molecular formula is C19H17F2N5O. The number of piperidine rings is 1. The molecule has 2 amide bonds. The Morgan fingerprint density at radius 3 is 2.78 bits per heavy atom. The zero-order valence-electron chi connectivity index (χ0n) is 14.2. The SMILES string of the molecule is O=C(Nc1cccc2[nH]ncc12)N[C@H]1[C@@H]2CN(c3ccc(F)cc3F)C[C@@H]21. The van der Waals surface area contributed by atoms with Gasteiger partial charge in [-0.2, -0.15) is 5.10 Å². The third-order valence-corrected chi connectivity index (χ3v) is 5.48. The maximum atomic E-state index is 13.9. The fraction of sp³-hybridized carbons (Fsp3) is 0.263. The second-order valence-electron chi connectivity index (χ2n) is 7.09. The first kappa shape index (κ1) is 16.0. The topological polar surface area (TPSA) is 73.0 Å². The average molecular weight is 369 g/mol. The summed E-state index contributed by atoms with van der Waals surface area (Å²) in [5.74, 6) is -0.564. The molecule has 8 heteroatoms. The molecule has 1 saturated carbocycles. The molecule has 0 spiro atoms. The average Bonchev–Trinajstić information content (AvgIpc) is 3.04. The molecule has 138 valence electrons. The van der Waals surface area contributed by atoms with Crippen molar-refractivity contribution in [2.75, 3.05) is 23.3 Å². The first-order valence-electron chi connectivity index (χ1n) is 8.80. The Kier molecular flexibility index (Phi) is 3.53. The smallest absolute Gasteiger partial charge is 0.319 e. The van der Waals surface area contributed by atoms with E-state index in [1.54, 1.807) is 6.20 Å². The first-order valence-corrected chi connectivity index (χ1v) is 8.80. The number of nitrogens with zero attached hydrogens (tertiary/aromatic N) is 2. The number of aromatic nitrogens is 2. The number of H-pyrrole nitrogens is 1. The van der Waals surface area contributed by atoms with E-state index in [4.69, 9.17) is 0 Å². The van der Waals surface area contributed by atoms with Crippen molar-refractivity contribution in [3.8, 4) is 0 Å². The van der Waals surface area contributed by atoms with Crippen LogP contribution < -0.4 is 15.5 Å².